The van der Waals surface area contributed by atoms with Crippen LogP contribution in [0.15, 0.2) is 11.4 Å². The van der Waals surface area contributed by atoms with Gasteiger partial charge in [0.15, 0.2) is 0 Å². The molecule has 1 aromatic heterocycles. The molecule has 4 heterocycles. The van der Waals surface area contributed by atoms with Crippen LogP contribution in [-0.2, 0) is 22.6 Å². The van der Waals surface area contributed by atoms with Gasteiger partial charge in [-0.2, -0.15) is 0 Å². The maximum absolute atomic E-state index is 13.2. The van der Waals surface area contributed by atoms with Crippen LogP contribution in [0.1, 0.15) is 55.9 Å². The molecule has 2 amide bonds. The number of hydrogen-bond acceptors (Lipinski definition) is 6. The third-order valence-corrected chi connectivity index (χ3v) is 9.37. The van der Waals surface area contributed by atoms with E-state index in [1.165, 1.54) is 42.8 Å². The highest BCUT2D eigenvalue weighted by Crippen LogP contribution is 2.60. The lowest BCUT2D eigenvalue weighted by atomic mass is 9.90. The van der Waals surface area contributed by atoms with Gasteiger partial charge in [0, 0.05) is 50.1 Å². The topological polar surface area (TPSA) is 56.3 Å². The zero-order valence-electron chi connectivity index (χ0n) is 20.7. The summed E-state index contributed by atoms with van der Waals surface area (Å²) in [6, 6.07) is 2.42. The first-order valence-electron chi connectivity index (χ1n) is 13.3. The Morgan fingerprint density at radius 3 is 2.32 bits per heavy atom. The molecule has 0 N–H and O–H groups in total. The lowest BCUT2D eigenvalue weighted by Crippen LogP contribution is -2.51. The molecule has 0 aromatic carbocycles. The predicted molar refractivity (Wildman–Crippen MR) is 134 cm³/mol. The van der Waals surface area contributed by atoms with Crippen molar-refractivity contribution in [2.45, 2.75) is 58.5 Å². The molecule has 0 bridgehead atoms. The van der Waals surface area contributed by atoms with E-state index in [-0.39, 0.29) is 17.4 Å². The highest BCUT2D eigenvalue weighted by Gasteiger charge is 2.59. The van der Waals surface area contributed by atoms with Crippen LogP contribution in [0, 0.1) is 11.3 Å². The summed E-state index contributed by atoms with van der Waals surface area (Å²) in [4.78, 5) is 35.4. The fourth-order valence-corrected chi connectivity index (χ4v) is 7.06. The molecule has 188 valence electrons. The Morgan fingerprint density at radius 1 is 0.941 bits per heavy atom. The highest BCUT2D eigenvalue weighted by molar-refractivity contribution is 7.10. The average Bonchev–Trinajstić information content (AvgIpc) is 3.39. The van der Waals surface area contributed by atoms with Crippen LogP contribution in [-0.4, -0.2) is 90.6 Å². The van der Waals surface area contributed by atoms with Crippen LogP contribution >= 0.6 is 11.3 Å². The molecule has 3 saturated heterocycles. The van der Waals surface area contributed by atoms with E-state index >= 15 is 0 Å². The average molecular weight is 489 g/mol. The standard InChI is InChI=1S/C26H40N4O3S/c1-2-33-25(32)30-14-12-29(13-15-30)24(31)23-17-26(23)6-10-28(11-7-26)19-22-16-21(20-34-22)18-27-8-4-3-5-9-27/h16,20,23H,2-15,17-19H2,1H3/t23-/m1/s1. The summed E-state index contributed by atoms with van der Waals surface area (Å²) in [7, 11) is 0. The van der Waals surface area contributed by atoms with Crippen LogP contribution in [0.4, 0.5) is 4.79 Å². The number of likely N-dealkylation sites (tertiary alicyclic amines) is 2. The minimum atomic E-state index is -0.255. The van der Waals surface area contributed by atoms with Gasteiger partial charge in [-0.3, -0.25) is 14.6 Å². The summed E-state index contributed by atoms with van der Waals surface area (Å²) < 4.78 is 5.09. The third kappa shape index (κ3) is 5.44. The SMILES string of the molecule is CCOC(=O)N1CCN(C(=O)[C@H]2CC23CCN(Cc2cc(CN4CCCCC4)cs2)CC3)CC1. The summed E-state index contributed by atoms with van der Waals surface area (Å²) in [5.74, 6) is 0.513. The molecule has 4 fully saturated rings. The number of hydrogen-bond donors (Lipinski definition) is 0. The van der Waals surface area contributed by atoms with Crippen molar-refractivity contribution in [1.29, 1.82) is 0 Å². The normalized spacial score (nSPS) is 25.5. The Labute approximate surface area is 208 Å². The summed E-state index contributed by atoms with van der Waals surface area (Å²) in [5.41, 5.74) is 1.71. The van der Waals surface area contributed by atoms with E-state index in [0.29, 0.717) is 38.7 Å². The van der Waals surface area contributed by atoms with Gasteiger partial charge < -0.3 is 14.5 Å². The van der Waals surface area contributed by atoms with Gasteiger partial charge in [-0.25, -0.2) is 4.79 Å². The van der Waals surface area contributed by atoms with Gasteiger partial charge in [0.2, 0.25) is 5.91 Å². The van der Waals surface area contributed by atoms with E-state index in [0.717, 1.165) is 45.4 Å². The number of carbonyl (C=O) groups excluding carboxylic acids is 2. The van der Waals surface area contributed by atoms with E-state index in [1.54, 1.807) is 4.90 Å². The monoisotopic (exact) mass is 488 g/mol. The molecule has 5 rings (SSSR count). The van der Waals surface area contributed by atoms with Crippen molar-refractivity contribution < 1.29 is 14.3 Å². The van der Waals surface area contributed by atoms with Crippen LogP contribution in [0.2, 0.25) is 0 Å². The molecule has 3 aliphatic heterocycles. The zero-order chi connectivity index (χ0) is 23.5. The fraction of sp³-hybridized carbons (Fsp3) is 0.769. The largest absolute Gasteiger partial charge is 0.450 e. The Morgan fingerprint density at radius 2 is 1.62 bits per heavy atom. The second kappa shape index (κ2) is 10.5. The number of amides is 2. The molecule has 34 heavy (non-hydrogen) atoms. The van der Waals surface area contributed by atoms with Crippen molar-refractivity contribution in [3.05, 3.63) is 21.9 Å². The molecule has 4 aliphatic rings. The van der Waals surface area contributed by atoms with Gasteiger partial charge in [0.1, 0.15) is 0 Å². The van der Waals surface area contributed by atoms with E-state index in [9.17, 15) is 9.59 Å². The Bertz CT molecular complexity index is 852. The molecular formula is C26H40N4O3S. The van der Waals surface area contributed by atoms with Gasteiger partial charge in [0.05, 0.1) is 6.61 Å². The molecule has 1 spiro atoms. The first kappa shape index (κ1) is 24.1. The van der Waals surface area contributed by atoms with Crippen LogP contribution in [0.3, 0.4) is 0 Å². The molecule has 0 radical (unpaired) electrons. The van der Waals surface area contributed by atoms with Crippen LogP contribution in [0.25, 0.3) is 0 Å². The van der Waals surface area contributed by atoms with Crippen molar-refractivity contribution in [3.8, 4) is 0 Å². The lowest BCUT2D eigenvalue weighted by molar-refractivity contribution is -0.135. The quantitative estimate of drug-likeness (QED) is 0.612. The van der Waals surface area contributed by atoms with E-state index < -0.39 is 0 Å². The zero-order valence-corrected chi connectivity index (χ0v) is 21.5. The van der Waals surface area contributed by atoms with Crippen molar-refractivity contribution in [1.82, 2.24) is 19.6 Å². The second-order valence-corrected chi connectivity index (χ2v) is 11.7. The number of piperazine rings is 1. The number of nitrogens with zero attached hydrogens (tertiary/aromatic N) is 4. The summed E-state index contributed by atoms with van der Waals surface area (Å²) in [6.07, 6.45) is 7.15. The van der Waals surface area contributed by atoms with Crippen molar-refractivity contribution >= 4 is 23.3 Å². The van der Waals surface area contributed by atoms with Gasteiger partial charge in [-0.05, 0) is 87.6 Å². The van der Waals surface area contributed by atoms with Gasteiger partial charge >= 0.3 is 6.09 Å². The van der Waals surface area contributed by atoms with Crippen molar-refractivity contribution in [2.24, 2.45) is 11.3 Å². The molecule has 8 heteroatoms. The number of ether oxygens (including phenoxy) is 1. The molecular weight excluding hydrogens is 448 g/mol. The number of thiophene rings is 1. The first-order valence-corrected chi connectivity index (χ1v) is 14.2. The van der Waals surface area contributed by atoms with Crippen LogP contribution < -0.4 is 0 Å². The molecule has 1 saturated carbocycles. The molecule has 7 nitrogen and oxygen atoms in total. The van der Waals surface area contributed by atoms with Gasteiger partial charge in [-0.15, -0.1) is 11.3 Å². The van der Waals surface area contributed by atoms with E-state index in [1.807, 2.05) is 23.2 Å². The smallest absolute Gasteiger partial charge is 0.409 e. The minimum Gasteiger partial charge on any atom is -0.450 e. The van der Waals surface area contributed by atoms with Crippen molar-refractivity contribution in [2.75, 3.05) is 59.0 Å². The minimum absolute atomic E-state index is 0.196. The second-order valence-electron chi connectivity index (χ2n) is 10.7. The Balaban J connectivity index is 1.05. The maximum Gasteiger partial charge on any atom is 0.409 e. The summed E-state index contributed by atoms with van der Waals surface area (Å²) in [6.45, 7) is 11.5. The molecule has 0 unspecified atom stereocenters. The number of rotatable bonds is 6. The lowest BCUT2D eigenvalue weighted by Gasteiger charge is -2.36. The van der Waals surface area contributed by atoms with Crippen LogP contribution in [0.5, 0.6) is 0 Å². The Kier molecular flexibility index (Phi) is 7.46. The third-order valence-electron chi connectivity index (χ3n) is 8.40. The van der Waals surface area contributed by atoms with E-state index in [2.05, 4.69) is 21.2 Å². The summed E-state index contributed by atoms with van der Waals surface area (Å²) in [5, 5.41) is 2.35. The fourth-order valence-electron chi connectivity index (χ4n) is 6.14. The number of piperidine rings is 2. The molecule has 1 aromatic rings. The Hall–Kier alpha value is -1.64. The molecule has 1 aliphatic carbocycles. The maximum atomic E-state index is 13.2. The summed E-state index contributed by atoms with van der Waals surface area (Å²) >= 11 is 1.91. The number of carbonyl (C=O) groups is 2. The highest BCUT2D eigenvalue weighted by atomic mass is 32.1. The predicted octanol–water partition coefficient (Wildman–Crippen LogP) is 3.64. The van der Waals surface area contributed by atoms with Crippen molar-refractivity contribution in [3.63, 3.8) is 0 Å². The van der Waals surface area contributed by atoms with Gasteiger partial charge in [-0.1, -0.05) is 6.42 Å². The first-order chi connectivity index (χ1) is 16.6. The van der Waals surface area contributed by atoms with E-state index in [4.69, 9.17) is 4.74 Å². The molecule has 1 atom stereocenters. The van der Waals surface area contributed by atoms with Gasteiger partial charge in [0.25, 0.3) is 0 Å².